The number of nitrogens with one attached hydrogen (secondary N) is 1. The topological polar surface area (TPSA) is 125 Å². The van der Waals surface area contributed by atoms with E-state index in [-0.39, 0.29) is 42.3 Å². The zero-order valence-electron chi connectivity index (χ0n) is 23.1. The van der Waals surface area contributed by atoms with Crippen LogP contribution in [0, 0.1) is 37.5 Å². The van der Waals surface area contributed by atoms with Crippen LogP contribution in [0.15, 0.2) is 27.6 Å². The Labute approximate surface area is 225 Å². The third-order valence-electron chi connectivity index (χ3n) is 6.48. The number of benzene rings is 1. The molecule has 11 heteroatoms. The van der Waals surface area contributed by atoms with Gasteiger partial charge in [-0.1, -0.05) is 37.8 Å². The fourth-order valence-corrected chi connectivity index (χ4v) is 5.92. The van der Waals surface area contributed by atoms with Crippen molar-refractivity contribution >= 4 is 21.7 Å². The quantitative estimate of drug-likeness (QED) is 0.530. The van der Waals surface area contributed by atoms with Gasteiger partial charge in [0.25, 0.3) is 0 Å². The number of nitrogens with zero attached hydrogens (tertiary/aromatic N) is 3. The number of carbonyl (C=O) groups excluding carboxylic acids is 1. The first-order valence-electron chi connectivity index (χ1n) is 12.7. The van der Waals surface area contributed by atoms with Gasteiger partial charge in [-0.25, -0.2) is 13.2 Å². The summed E-state index contributed by atoms with van der Waals surface area (Å²) in [6, 6.07) is 3.79. The van der Waals surface area contributed by atoms with E-state index in [0.29, 0.717) is 35.0 Å². The number of hydrogen-bond donors (Lipinski definition) is 2. The number of aliphatic hydroxyl groups is 1. The number of hydrogen-bond acceptors (Lipinski definition) is 7. The summed E-state index contributed by atoms with van der Waals surface area (Å²) < 4.78 is 40.0. The van der Waals surface area contributed by atoms with Crippen molar-refractivity contribution in [3.8, 4) is 17.6 Å². The van der Waals surface area contributed by atoms with Crippen LogP contribution in [0.2, 0.25) is 0 Å². The van der Waals surface area contributed by atoms with Crippen molar-refractivity contribution < 1.29 is 27.6 Å². The number of urea groups is 1. The van der Waals surface area contributed by atoms with Crippen LogP contribution in [0.3, 0.4) is 0 Å². The van der Waals surface area contributed by atoms with Crippen LogP contribution in [-0.4, -0.2) is 72.8 Å². The standard InChI is InChI=1S/C27H38N4O6S/c1-17(2)9-8-10-22-11-12-25-23(13-22)36-24(18(3)14-31(19(4)16-32)38(25,34)35)15-30(7)27(33)28-26-20(5)29-37-21(26)6/h11-13,17-19,24,32H,9,14-16H2,1-7H3,(H,28,33)/t18-,19-,24+/m1/s1. The number of amides is 2. The SMILES string of the molecule is Cc1noc(C)c1NC(=O)N(C)C[C@@H]1Oc2cc(C#CCC(C)C)ccc2S(=O)(=O)N([C@H](C)CO)C[C@H]1C. The van der Waals surface area contributed by atoms with E-state index in [0.717, 1.165) is 0 Å². The van der Waals surface area contributed by atoms with Crippen LogP contribution >= 0.6 is 0 Å². The molecule has 0 saturated heterocycles. The minimum absolute atomic E-state index is 0.00642. The van der Waals surface area contributed by atoms with E-state index in [1.165, 1.54) is 15.3 Å². The fourth-order valence-electron chi connectivity index (χ4n) is 4.10. The van der Waals surface area contributed by atoms with Crippen LogP contribution in [0.25, 0.3) is 0 Å². The second-order valence-electron chi connectivity index (χ2n) is 10.3. The Hall–Kier alpha value is -3.07. The highest BCUT2D eigenvalue weighted by atomic mass is 32.2. The van der Waals surface area contributed by atoms with Crippen LogP contribution in [-0.2, 0) is 10.0 Å². The molecule has 1 aliphatic rings. The van der Waals surface area contributed by atoms with Gasteiger partial charge in [0.15, 0.2) is 5.76 Å². The van der Waals surface area contributed by atoms with Crippen LogP contribution < -0.4 is 10.1 Å². The molecule has 2 heterocycles. The number of likely N-dealkylation sites (N-methyl/N-ethyl adjacent to an activating group) is 1. The van der Waals surface area contributed by atoms with Crippen molar-refractivity contribution in [3.63, 3.8) is 0 Å². The minimum Gasteiger partial charge on any atom is -0.487 e. The van der Waals surface area contributed by atoms with Crippen molar-refractivity contribution in [1.82, 2.24) is 14.4 Å². The number of ether oxygens (including phenoxy) is 1. The predicted octanol–water partition coefficient (Wildman–Crippen LogP) is 3.62. The average Bonchev–Trinajstić information content (AvgIpc) is 3.17. The molecule has 208 valence electrons. The summed E-state index contributed by atoms with van der Waals surface area (Å²) in [7, 11) is -2.32. The molecule has 1 aromatic heterocycles. The van der Waals surface area contributed by atoms with E-state index in [1.807, 2.05) is 6.92 Å². The molecule has 0 aliphatic carbocycles. The summed E-state index contributed by atoms with van der Waals surface area (Å²) in [5.74, 6) is 6.98. The maximum absolute atomic E-state index is 13.6. The van der Waals surface area contributed by atoms with E-state index in [1.54, 1.807) is 40.0 Å². The smallest absolute Gasteiger partial charge is 0.321 e. The molecule has 3 atom stereocenters. The number of aryl methyl sites for hydroxylation is 2. The number of sulfonamides is 1. The van der Waals surface area contributed by atoms with Crippen molar-refractivity contribution in [2.75, 3.05) is 32.1 Å². The number of fused-ring (bicyclic) bond motifs is 1. The third kappa shape index (κ3) is 6.67. The fraction of sp³-hybridized carbons (Fsp3) is 0.556. The zero-order chi connectivity index (χ0) is 28.2. The van der Waals surface area contributed by atoms with Gasteiger partial charge in [0.2, 0.25) is 10.0 Å². The maximum atomic E-state index is 13.6. The summed E-state index contributed by atoms with van der Waals surface area (Å²) in [6.07, 6.45) is 0.167. The van der Waals surface area contributed by atoms with E-state index in [9.17, 15) is 18.3 Å². The zero-order valence-corrected chi connectivity index (χ0v) is 23.9. The normalized spacial score (nSPS) is 19.8. The van der Waals surface area contributed by atoms with Crippen LogP contribution in [0.1, 0.15) is 51.1 Å². The molecule has 38 heavy (non-hydrogen) atoms. The minimum atomic E-state index is -3.96. The molecule has 0 unspecified atom stereocenters. The van der Waals surface area contributed by atoms with E-state index < -0.39 is 22.2 Å². The number of aliphatic hydroxyl groups excluding tert-OH is 1. The molecule has 2 amide bonds. The van der Waals surface area contributed by atoms with Crippen molar-refractivity contribution in [1.29, 1.82) is 0 Å². The van der Waals surface area contributed by atoms with Gasteiger partial charge in [-0.2, -0.15) is 4.31 Å². The average molecular weight is 547 g/mol. The summed E-state index contributed by atoms with van der Waals surface area (Å²) in [4.78, 5) is 14.5. The Morgan fingerprint density at radius 1 is 1.32 bits per heavy atom. The summed E-state index contributed by atoms with van der Waals surface area (Å²) in [5, 5.41) is 16.5. The molecule has 0 fully saturated rings. The number of rotatable bonds is 6. The van der Waals surface area contributed by atoms with Gasteiger partial charge in [-0.05, 0) is 44.9 Å². The molecule has 10 nitrogen and oxygen atoms in total. The number of anilines is 1. The molecule has 1 aliphatic heterocycles. The number of carbonyl (C=O) groups is 1. The van der Waals surface area contributed by atoms with Crippen LogP contribution in [0.4, 0.5) is 10.5 Å². The number of aromatic nitrogens is 1. The highest BCUT2D eigenvalue weighted by Gasteiger charge is 2.38. The van der Waals surface area contributed by atoms with Crippen LogP contribution in [0.5, 0.6) is 5.75 Å². The lowest BCUT2D eigenvalue weighted by molar-refractivity contribution is 0.0830. The molecule has 0 bridgehead atoms. The first kappa shape index (κ1) is 29.5. The lowest BCUT2D eigenvalue weighted by Crippen LogP contribution is -2.50. The Morgan fingerprint density at radius 3 is 2.63 bits per heavy atom. The van der Waals surface area contributed by atoms with Gasteiger partial charge < -0.3 is 24.6 Å². The Balaban J connectivity index is 1.96. The second-order valence-corrected chi connectivity index (χ2v) is 12.2. The maximum Gasteiger partial charge on any atom is 0.321 e. The molecular weight excluding hydrogens is 508 g/mol. The van der Waals surface area contributed by atoms with Gasteiger partial charge in [-0.15, -0.1) is 0 Å². The molecule has 2 aromatic rings. The largest absolute Gasteiger partial charge is 0.487 e. The predicted molar refractivity (Wildman–Crippen MR) is 144 cm³/mol. The van der Waals surface area contributed by atoms with Crippen molar-refractivity contribution in [2.24, 2.45) is 11.8 Å². The molecule has 0 saturated carbocycles. The van der Waals surface area contributed by atoms with Gasteiger partial charge >= 0.3 is 6.03 Å². The van der Waals surface area contributed by atoms with Gasteiger partial charge in [-0.3, -0.25) is 0 Å². The van der Waals surface area contributed by atoms with E-state index in [4.69, 9.17) is 9.26 Å². The molecule has 1 aromatic carbocycles. The monoisotopic (exact) mass is 546 g/mol. The highest BCUT2D eigenvalue weighted by molar-refractivity contribution is 7.89. The Bertz CT molecular complexity index is 1290. The second kappa shape index (κ2) is 12.2. The molecule has 3 rings (SSSR count). The summed E-state index contributed by atoms with van der Waals surface area (Å²) >= 11 is 0. The van der Waals surface area contributed by atoms with Gasteiger partial charge in [0.1, 0.15) is 28.1 Å². The summed E-state index contributed by atoms with van der Waals surface area (Å²) in [5.41, 5.74) is 1.72. The summed E-state index contributed by atoms with van der Waals surface area (Å²) in [6.45, 7) is 11.1. The molecular formula is C27H38N4O6S. The van der Waals surface area contributed by atoms with E-state index >= 15 is 0 Å². The molecule has 0 radical (unpaired) electrons. The van der Waals surface area contributed by atoms with Gasteiger partial charge in [0, 0.05) is 37.5 Å². The lowest BCUT2D eigenvalue weighted by Gasteiger charge is -2.37. The lowest BCUT2D eigenvalue weighted by atomic mass is 10.0. The molecule has 0 spiro atoms. The Kier molecular flexibility index (Phi) is 9.46. The van der Waals surface area contributed by atoms with E-state index in [2.05, 4.69) is 36.2 Å². The molecule has 2 N–H and O–H groups in total. The first-order chi connectivity index (χ1) is 17.8. The van der Waals surface area contributed by atoms with Crippen molar-refractivity contribution in [2.45, 2.75) is 65.0 Å². The highest BCUT2D eigenvalue weighted by Crippen LogP contribution is 2.34. The third-order valence-corrected chi connectivity index (χ3v) is 8.50. The van der Waals surface area contributed by atoms with Crippen molar-refractivity contribution in [3.05, 3.63) is 35.2 Å². The Morgan fingerprint density at radius 2 is 2.03 bits per heavy atom. The van der Waals surface area contributed by atoms with Gasteiger partial charge in [0.05, 0.1) is 13.2 Å². The first-order valence-corrected chi connectivity index (χ1v) is 14.2.